The van der Waals surface area contributed by atoms with Crippen molar-refractivity contribution in [1.82, 2.24) is 20.9 Å². The summed E-state index contributed by atoms with van der Waals surface area (Å²) in [6, 6.07) is 3.92. The number of ether oxygens (including phenoxy) is 1. The fourth-order valence-corrected chi connectivity index (χ4v) is 4.17. The highest BCUT2D eigenvalue weighted by Crippen LogP contribution is 2.24. The van der Waals surface area contributed by atoms with Crippen LogP contribution in [0.5, 0.6) is 5.75 Å². The van der Waals surface area contributed by atoms with Crippen LogP contribution in [0.15, 0.2) is 30.5 Å². The van der Waals surface area contributed by atoms with Crippen LogP contribution in [0.1, 0.15) is 19.3 Å². The molecule has 0 saturated carbocycles. The summed E-state index contributed by atoms with van der Waals surface area (Å²) in [5.74, 6) is -1.08. The van der Waals surface area contributed by atoms with Gasteiger partial charge in [0.05, 0.1) is 5.02 Å². The lowest BCUT2D eigenvalue weighted by Gasteiger charge is -2.33. The number of nitrogens with zero attached hydrogens (tertiary/aromatic N) is 1. The maximum absolute atomic E-state index is 13.4. The highest BCUT2D eigenvalue weighted by molar-refractivity contribution is 7.95. The van der Waals surface area contributed by atoms with E-state index in [1.54, 1.807) is 0 Å². The maximum Gasteiger partial charge on any atom is 0.262 e. The first-order chi connectivity index (χ1) is 14.9. The molecule has 2 amide bonds. The number of carbonyl (C=O) groups excluding carboxylic acids is 2. The first-order valence-corrected chi connectivity index (χ1v) is 11.2. The predicted octanol–water partition coefficient (Wildman–Crippen LogP) is 2.01. The van der Waals surface area contributed by atoms with Crippen LogP contribution in [0.3, 0.4) is 0 Å². The first kappa shape index (κ1) is 23.8. The van der Waals surface area contributed by atoms with Crippen LogP contribution in [-0.2, 0) is 13.8 Å². The van der Waals surface area contributed by atoms with E-state index in [0.29, 0.717) is 25.2 Å². The lowest BCUT2D eigenvalue weighted by Crippen LogP contribution is -2.52. The number of halogens is 2. The lowest BCUT2D eigenvalue weighted by atomic mass is 10.3. The Morgan fingerprint density at radius 1 is 1.39 bits per heavy atom. The van der Waals surface area contributed by atoms with E-state index in [0.717, 1.165) is 19.2 Å². The van der Waals surface area contributed by atoms with Crippen molar-refractivity contribution < 1.29 is 22.9 Å². The van der Waals surface area contributed by atoms with Crippen LogP contribution in [0.4, 0.5) is 4.39 Å². The minimum absolute atomic E-state index is 0.0216. The van der Waals surface area contributed by atoms with Gasteiger partial charge in [-0.3, -0.25) is 24.0 Å². The molecule has 2 fully saturated rings. The largest absolute Gasteiger partial charge is 0.484 e. The number of rotatable bonds is 9. The number of hydrogen-bond acceptors (Lipinski definition) is 7. The molecule has 2 saturated heterocycles. The van der Waals surface area contributed by atoms with Gasteiger partial charge in [0.15, 0.2) is 12.7 Å². The molecule has 2 aliphatic rings. The number of likely N-dealkylation sites (tertiary alicyclic amines) is 1. The van der Waals surface area contributed by atoms with Crippen molar-refractivity contribution in [3.05, 3.63) is 41.3 Å². The Hall–Kier alpha value is -1.85. The lowest BCUT2D eigenvalue weighted by molar-refractivity contribution is -0.127. The van der Waals surface area contributed by atoms with E-state index in [1.165, 1.54) is 37.0 Å². The van der Waals surface area contributed by atoms with Gasteiger partial charge in [0.1, 0.15) is 17.1 Å². The van der Waals surface area contributed by atoms with Crippen molar-refractivity contribution in [1.29, 1.82) is 0 Å². The van der Waals surface area contributed by atoms with E-state index in [4.69, 9.17) is 20.5 Å². The fourth-order valence-electron chi connectivity index (χ4n) is 3.16. The van der Waals surface area contributed by atoms with Gasteiger partial charge in [-0.2, -0.15) is 0 Å². The monoisotopic (exact) mass is 472 g/mol. The zero-order valence-corrected chi connectivity index (χ0v) is 18.6. The first-order valence-electron chi connectivity index (χ1n) is 10.0. The van der Waals surface area contributed by atoms with Crippen molar-refractivity contribution in [2.24, 2.45) is 0 Å². The molecule has 0 aromatic heterocycles. The fraction of sp³-hybridized carbons (Fsp3) is 0.500. The van der Waals surface area contributed by atoms with Crippen LogP contribution in [-0.4, -0.2) is 61.1 Å². The molecule has 2 aliphatic heterocycles. The molecule has 31 heavy (non-hydrogen) atoms. The molecule has 0 radical (unpaired) electrons. The molecule has 0 aliphatic carbocycles. The third-order valence-corrected chi connectivity index (χ3v) is 6.11. The summed E-state index contributed by atoms with van der Waals surface area (Å²) in [4.78, 5) is 26.5. The summed E-state index contributed by atoms with van der Waals surface area (Å²) in [6.07, 6.45) is 2.17. The van der Waals surface area contributed by atoms with Crippen molar-refractivity contribution in [3.63, 3.8) is 0 Å². The summed E-state index contributed by atoms with van der Waals surface area (Å²) in [6.45, 7) is 6.30. The van der Waals surface area contributed by atoms with Gasteiger partial charge >= 0.3 is 0 Å². The molecule has 3 N–H and O–H groups in total. The number of hydrogen-bond donors (Lipinski definition) is 3. The molecule has 0 bridgehead atoms. The van der Waals surface area contributed by atoms with E-state index < -0.39 is 17.8 Å². The summed E-state index contributed by atoms with van der Waals surface area (Å²) in [5, 5.41) is 8.68. The second-order valence-corrected chi connectivity index (χ2v) is 8.48. The van der Waals surface area contributed by atoms with Gasteiger partial charge in [-0.15, -0.1) is 0 Å². The molecular formula is C20H26ClFN4O4S. The standard InChI is InChI=1S/C20H26ClFN4O4S/c1-13(25-18(27)12-29-14-4-5-15(21)16(22)10-14)6-7-23-19(28)17-11-24-20(31-30-17)26-8-2-3-9-26/h4-5,10,17,20,24H,1-3,6-9,11-12H2,(H,23,28)(H,25,27). The molecule has 1 aromatic carbocycles. The highest BCUT2D eigenvalue weighted by atomic mass is 35.5. The molecule has 0 spiro atoms. The highest BCUT2D eigenvalue weighted by Gasteiger charge is 2.31. The zero-order valence-electron chi connectivity index (χ0n) is 17.0. The maximum atomic E-state index is 13.4. The Morgan fingerprint density at radius 2 is 2.16 bits per heavy atom. The van der Waals surface area contributed by atoms with Gasteiger partial charge < -0.3 is 15.4 Å². The van der Waals surface area contributed by atoms with Gasteiger partial charge in [-0.25, -0.2) is 4.39 Å². The van der Waals surface area contributed by atoms with Crippen LogP contribution < -0.4 is 20.7 Å². The zero-order chi connectivity index (χ0) is 22.2. The van der Waals surface area contributed by atoms with E-state index >= 15 is 0 Å². The van der Waals surface area contributed by atoms with Crippen molar-refractivity contribution in [3.8, 4) is 5.75 Å². The molecule has 170 valence electrons. The third-order valence-electron chi connectivity index (χ3n) is 4.81. The van der Waals surface area contributed by atoms with Crippen molar-refractivity contribution in [2.45, 2.75) is 30.9 Å². The van der Waals surface area contributed by atoms with E-state index in [-0.39, 0.29) is 28.8 Å². The van der Waals surface area contributed by atoms with E-state index in [9.17, 15) is 14.0 Å². The summed E-state index contributed by atoms with van der Waals surface area (Å²) < 4.78 is 24.2. The smallest absolute Gasteiger partial charge is 0.262 e. The van der Waals surface area contributed by atoms with Crippen LogP contribution >= 0.6 is 23.6 Å². The molecular weight excluding hydrogens is 447 g/mol. The molecule has 8 nitrogen and oxygen atoms in total. The van der Waals surface area contributed by atoms with E-state index in [1.807, 2.05) is 0 Å². The second-order valence-electron chi connectivity index (χ2n) is 7.24. The molecule has 2 heterocycles. The Bertz CT molecular complexity index is 801. The average Bonchev–Trinajstić information content (AvgIpc) is 3.29. The van der Waals surface area contributed by atoms with Crippen LogP contribution in [0.2, 0.25) is 5.02 Å². The number of benzene rings is 1. The Balaban J connectivity index is 1.28. The summed E-state index contributed by atoms with van der Waals surface area (Å²) in [5.41, 5.74) is 0.524. The second kappa shape index (κ2) is 11.7. The Labute approximate surface area is 190 Å². The molecule has 11 heteroatoms. The Morgan fingerprint density at radius 3 is 2.84 bits per heavy atom. The summed E-state index contributed by atoms with van der Waals surface area (Å²) >= 11 is 6.88. The molecule has 2 atom stereocenters. The topological polar surface area (TPSA) is 91.9 Å². The SMILES string of the molecule is C=C(CCNC(=O)C1CNC(N2CCCC2)SO1)NC(=O)COc1ccc(Cl)c(F)c1. The quantitative estimate of drug-likeness (QED) is 0.473. The third kappa shape index (κ3) is 7.36. The van der Waals surface area contributed by atoms with Crippen molar-refractivity contribution >= 4 is 35.5 Å². The minimum atomic E-state index is -0.623. The van der Waals surface area contributed by atoms with Crippen LogP contribution in [0.25, 0.3) is 0 Å². The normalized spacial score (nSPS) is 21.5. The van der Waals surface area contributed by atoms with Gasteiger partial charge in [-0.1, -0.05) is 18.2 Å². The van der Waals surface area contributed by atoms with Gasteiger partial charge in [0.2, 0.25) is 0 Å². The van der Waals surface area contributed by atoms with Gasteiger partial charge in [0.25, 0.3) is 11.8 Å². The molecule has 3 rings (SSSR count). The van der Waals surface area contributed by atoms with Crippen LogP contribution in [0, 0.1) is 5.82 Å². The van der Waals surface area contributed by atoms with E-state index in [2.05, 4.69) is 27.4 Å². The number of carbonyl (C=O) groups is 2. The number of nitrogens with one attached hydrogen (secondary N) is 3. The van der Waals surface area contributed by atoms with Crippen molar-refractivity contribution in [2.75, 3.05) is 32.8 Å². The average molecular weight is 473 g/mol. The van der Waals surface area contributed by atoms with Gasteiger partial charge in [0, 0.05) is 56.4 Å². The Kier molecular flexibility index (Phi) is 8.97. The molecule has 2 unspecified atom stereocenters. The minimum Gasteiger partial charge on any atom is -0.484 e. The summed E-state index contributed by atoms with van der Waals surface area (Å²) in [7, 11) is 0. The van der Waals surface area contributed by atoms with Gasteiger partial charge in [-0.05, 0) is 25.0 Å². The predicted molar refractivity (Wildman–Crippen MR) is 117 cm³/mol. The molecule has 1 aromatic rings. The number of amides is 2.